The van der Waals surface area contributed by atoms with Crippen LogP contribution in [0.4, 0.5) is 0 Å². The third-order valence-corrected chi connectivity index (χ3v) is 6.19. The van der Waals surface area contributed by atoms with E-state index in [1.165, 1.54) is 16.0 Å². The van der Waals surface area contributed by atoms with Crippen molar-refractivity contribution in [2.45, 2.75) is 38.5 Å². The molecule has 2 nitrogen and oxygen atoms in total. The van der Waals surface area contributed by atoms with Gasteiger partial charge in [0, 0.05) is 11.3 Å². The van der Waals surface area contributed by atoms with E-state index in [4.69, 9.17) is 0 Å². The zero-order chi connectivity index (χ0) is 16.3. The summed E-state index contributed by atoms with van der Waals surface area (Å²) >= 11 is 1.76. The van der Waals surface area contributed by atoms with Gasteiger partial charge in [0.05, 0.1) is 5.41 Å². The average Bonchev–Trinajstić information content (AvgIpc) is 3.12. The molecule has 122 valence electrons. The van der Waals surface area contributed by atoms with E-state index in [0.29, 0.717) is 12.2 Å². The van der Waals surface area contributed by atoms with Gasteiger partial charge in [-0.3, -0.25) is 4.79 Å². The molecule has 2 aromatic rings. The van der Waals surface area contributed by atoms with Crippen LogP contribution in [0.25, 0.3) is 10.4 Å². The molecule has 23 heavy (non-hydrogen) atoms. The van der Waals surface area contributed by atoms with Crippen molar-refractivity contribution in [2.75, 3.05) is 19.6 Å². The second kappa shape index (κ2) is 6.98. The van der Waals surface area contributed by atoms with Crippen molar-refractivity contribution < 1.29 is 4.79 Å². The number of ketones is 1. The molecule has 2 heterocycles. The molecule has 0 atom stereocenters. The molecule has 0 amide bonds. The van der Waals surface area contributed by atoms with Gasteiger partial charge in [-0.15, -0.1) is 11.3 Å². The summed E-state index contributed by atoms with van der Waals surface area (Å²) in [5.41, 5.74) is 2.21. The Bertz CT molecular complexity index is 653. The van der Waals surface area contributed by atoms with Crippen LogP contribution in [0.15, 0.2) is 41.8 Å². The van der Waals surface area contributed by atoms with E-state index in [1.807, 2.05) is 13.0 Å². The molecule has 3 heteroatoms. The minimum absolute atomic E-state index is 0.286. The van der Waals surface area contributed by atoms with Crippen LogP contribution < -0.4 is 0 Å². The number of carbonyl (C=O) groups is 1. The van der Waals surface area contributed by atoms with Gasteiger partial charge in [0.15, 0.2) is 0 Å². The molecule has 0 radical (unpaired) electrons. The normalized spacial score (nSPS) is 18.0. The van der Waals surface area contributed by atoms with E-state index in [1.54, 1.807) is 11.3 Å². The Hall–Kier alpha value is -1.45. The van der Waals surface area contributed by atoms with Gasteiger partial charge in [-0.1, -0.05) is 44.2 Å². The third kappa shape index (κ3) is 3.00. The standard InChI is InChI=1S/C20H25NOS/c1-3-18(22)20(11-13-21(4-2)14-12-20)17-10-15-23-19(17)16-8-6-5-7-9-16/h5-10,15H,3-4,11-14H2,1-2H3. The number of rotatable bonds is 5. The fraction of sp³-hybridized carbons (Fsp3) is 0.450. The highest BCUT2D eigenvalue weighted by Gasteiger charge is 2.43. The van der Waals surface area contributed by atoms with Crippen molar-refractivity contribution in [3.8, 4) is 10.4 Å². The average molecular weight is 327 g/mol. The van der Waals surface area contributed by atoms with Gasteiger partial charge < -0.3 is 4.90 Å². The zero-order valence-electron chi connectivity index (χ0n) is 14.0. The molecule has 1 aliphatic heterocycles. The van der Waals surface area contributed by atoms with Crippen molar-refractivity contribution in [1.29, 1.82) is 0 Å². The summed E-state index contributed by atoms with van der Waals surface area (Å²) < 4.78 is 0. The smallest absolute Gasteiger partial charge is 0.143 e. The number of hydrogen-bond donors (Lipinski definition) is 0. The van der Waals surface area contributed by atoms with E-state index in [0.717, 1.165) is 32.5 Å². The van der Waals surface area contributed by atoms with Crippen molar-refractivity contribution in [3.05, 3.63) is 47.3 Å². The van der Waals surface area contributed by atoms with Crippen molar-refractivity contribution in [2.24, 2.45) is 0 Å². The summed E-state index contributed by atoms with van der Waals surface area (Å²) in [6, 6.07) is 12.7. The molecular weight excluding hydrogens is 302 g/mol. The van der Waals surface area contributed by atoms with Gasteiger partial charge in [-0.25, -0.2) is 0 Å². The Labute approximate surface area is 143 Å². The van der Waals surface area contributed by atoms with Gasteiger partial charge in [-0.05, 0) is 55.0 Å². The first-order valence-corrected chi connectivity index (χ1v) is 9.48. The maximum atomic E-state index is 13.0. The highest BCUT2D eigenvalue weighted by molar-refractivity contribution is 7.13. The highest BCUT2D eigenvalue weighted by atomic mass is 32.1. The van der Waals surface area contributed by atoms with Gasteiger partial charge in [0.1, 0.15) is 5.78 Å². The second-order valence-electron chi connectivity index (χ2n) is 6.32. The molecule has 3 rings (SSSR count). The van der Waals surface area contributed by atoms with Crippen LogP contribution in [0, 0.1) is 0 Å². The van der Waals surface area contributed by atoms with Crippen LogP contribution in [-0.2, 0) is 10.2 Å². The molecule has 1 aliphatic rings. The summed E-state index contributed by atoms with van der Waals surface area (Å²) in [5, 5.41) is 2.15. The summed E-state index contributed by atoms with van der Waals surface area (Å²) in [6.07, 6.45) is 2.52. The fourth-order valence-electron chi connectivity index (χ4n) is 3.79. The Balaban J connectivity index is 2.03. The fourth-order valence-corrected chi connectivity index (χ4v) is 4.79. The van der Waals surface area contributed by atoms with Crippen LogP contribution in [0.2, 0.25) is 0 Å². The zero-order valence-corrected chi connectivity index (χ0v) is 14.9. The summed E-state index contributed by atoms with van der Waals surface area (Å²) in [5.74, 6) is 0.406. The minimum atomic E-state index is -0.286. The molecule has 0 bridgehead atoms. The predicted octanol–water partition coefficient (Wildman–Crippen LogP) is 4.75. The Kier molecular flexibility index (Phi) is 4.98. The van der Waals surface area contributed by atoms with E-state index in [9.17, 15) is 4.79 Å². The Morgan fingerprint density at radius 2 is 1.83 bits per heavy atom. The van der Waals surface area contributed by atoms with Crippen LogP contribution in [-0.4, -0.2) is 30.3 Å². The minimum Gasteiger partial charge on any atom is -0.304 e. The maximum Gasteiger partial charge on any atom is 0.143 e. The molecule has 1 aromatic heterocycles. The van der Waals surface area contributed by atoms with Gasteiger partial charge in [-0.2, -0.15) is 0 Å². The number of thiophene rings is 1. The van der Waals surface area contributed by atoms with E-state index in [-0.39, 0.29) is 5.41 Å². The van der Waals surface area contributed by atoms with E-state index < -0.39 is 0 Å². The van der Waals surface area contributed by atoms with Crippen molar-refractivity contribution in [3.63, 3.8) is 0 Å². The SMILES string of the molecule is CCC(=O)C1(c2ccsc2-c2ccccc2)CCN(CC)CC1. The molecule has 0 saturated carbocycles. The van der Waals surface area contributed by atoms with Crippen LogP contribution in [0.1, 0.15) is 38.7 Å². The highest BCUT2D eigenvalue weighted by Crippen LogP contribution is 2.44. The molecule has 1 fully saturated rings. The van der Waals surface area contributed by atoms with Crippen LogP contribution in [0.3, 0.4) is 0 Å². The number of piperidine rings is 1. The van der Waals surface area contributed by atoms with Crippen LogP contribution in [0.5, 0.6) is 0 Å². The first-order valence-electron chi connectivity index (χ1n) is 8.60. The first-order chi connectivity index (χ1) is 11.2. The quantitative estimate of drug-likeness (QED) is 0.790. The third-order valence-electron chi connectivity index (χ3n) is 5.23. The Morgan fingerprint density at radius 3 is 2.43 bits per heavy atom. The number of carbonyl (C=O) groups excluding carboxylic acids is 1. The molecule has 1 saturated heterocycles. The van der Waals surface area contributed by atoms with Gasteiger partial charge >= 0.3 is 0 Å². The summed E-state index contributed by atoms with van der Waals surface area (Å²) in [7, 11) is 0. The van der Waals surface area contributed by atoms with Crippen LogP contribution >= 0.6 is 11.3 Å². The largest absolute Gasteiger partial charge is 0.304 e. The lowest BCUT2D eigenvalue weighted by Crippen LogP contribution is -2.47. The lowest BCUT2D eigenvalue weighted by Gasteiger charge is -2.41. The molecule has 1 aromatic carbocycles. The maximum absolute atomic E-state index is 13.0. The Morgan fingerprint density at radius 1 is 1.13 bits per heavy atom. The number of benzene rings is 1. The lowest BCUT2D eigenvalue weighted by molar-refractivity contribution is -0.126. The molecule has 0 aliphatic carbocycles. The molecular formula is C20H25NOS. The van der Waals surface area contributed by atoms with Gasteiger partial charge in [0.25, 0.3) is 0 Å². The number of hydrogen-bond acceptors (Lipinski definition) is 3. The van der Waals surface area contributed by atoms with E-state index in [2.05, 4.69) is 47.5 Å². The molecule has 0 spiro atoms. The topological polar surface area (TPSA) is 20.3 Å². The molecule has 0 N–H and O–H groups in total. The first kappa shape index (κ1) is 16.4. The van der Waals surface area contributed by atoms with Gasteiger partial charge in [0.2, 0.25) is 0 Å². The predicted molar refractivity (Wildman–Crippen MR) is 98.1 cm³/mol. The van der Waals surface area contributed by atoms with Crippen molar-refractivity contribution in [1.82, 2.24) is 4.90 Å². The number of nitrogens with zero attached hydrogens (tertiary/aromatic N) is 1. The van der Waals surface area contributed by atoms with E-state index >= 15 is 0 Å². The van der Waals surface area contributed by atoms with Crippen molar-refractivity contribution >= 4 is 17.1 Å². The monoisotopic (exact) mass is 327 g/mol. The summed E-state index contributed by atoms with van der Waals surface area (Å²) in [4.78, 5) is 16.7. The summed E-state index contributed by atoms with van der Waals surface area (Å²) in [6.45, 7) is 7.32. The second-order valence-corrected chi connectivity index (χ2v) is 7.24. The number of Topliss-reactive ketones (excluding diaryl/α,β-unsaturated/α-hetero) is 1. The number of likely N-dealkylation sites (tertiary alicyclic amines) is 1. The molecule has 0 unspecified atom stereocenters. The lowest BCUT2D eigenvalue weighted by atomic mass is 9.68.